The van der Waals surface area contributed by atoms with Crippen molar-refractivity contribution >= 4 is 28.2 Å². The Morgan fingerprint density at radius 2 is 2.00 bits per heavy atom. The second-order valence-corrected chi connectivity index (χ2v) is 6.53. The summed E-state index contributed by atoms with van der Waals surface area (Å²) in [7, 11) is 0. The molecule has 0 aromatic rings. The molecule has 21 heavy (non-hydrogen) atoms. The zero-order valence-corrected chi connectivity index (χ0v) is 13.5. The van der Waals surface area contributed by atoms with Crippen molar-refractivity contribution in [3.63, 3.8) is 0 Å². The van der Waals surface area contributed by atoms with Gasteiger partial charge in [0.15, 0.2) is 5.78 Å². The average Bonchev–Trinajstić information content (AvgIpc) is 2.33. The summed E-state index contributed by atoms with van der Waals surface area (Å²) in [5.41, 5.74) is 12.3. The predicted molar refractivity (Wildman–Crippen MR) is 83.1 cm³/mol. The molecule has 1 unspecified atom stereocenters. The van der Waals surface area contributed by atoms with Crippen LogP contribution in [0.5, 0.6) is 0 Å². The fourth-order valence-electron chi connectivity index (χ4n) is 1.15. The van der Waals surface area contributed by atoms with Gasteiger partial charge < -0.3 is 15.6 Å². The molecule has 8 nitrogen and oxygen atoms in total. The highest BCUT2D eigenvalue weighted by Crippen LogP contribution is 2.06. The average molecular weight is 323 g/mol. The van der Waals surface area contributed by atoms with Crippen LogP contribution < -0.4 is 16.9 Å². The van der Waals surface area contributed by atoms with E-state index in [4.69, 9.17) is 21.0 Å². The molecule has 0 spiro atoms. The minimum atomic E-state index is -1.05. The molecule has 0 aliphatic heterocycles. The Morgan fingerprint density at radius 1 is 1.38 bits per heavy atom. The molecule has 0 saturated heterocycles. The predicted octanol–water partition coefficient (Wildman–Crippen LogP) is -0.724. The summed E-state index contributed by atoms with van der Waals surface area (Å²) in [6.45, 7) is 5.18. The molecule has 1 amide bonds. The van der Waals surface area contributed by atoms with Gasteiger partial charge in [0.05, 0.1) is 0 Å². The molecule has 0 aliphatic carbocycles. The Morgan fingerprint density at radius 3 is 2.52 bits per heavy atom. The summed E-state index contributed by atoms with van der Waals surface area (Å²) in [6.07, 6.45) is -2.02. The summed E-state index contributed by atoms with van der Waals surface area (Å²) < 4.78 is 4.91. The highest BCUT2D eigenvalue weighted by molar-refractivity contribution is 7.98. The number of amides is 1. The highest BCUT2D eigenvalue weighted by Gasteiger charge is 2.17. The number of hydrogen-bond donors (Lipinski definition) is 5. The first-order valence-electron chi connectivity index (χ1n) is 6.46. The van der Waals surface area contributed by atoms with Crippen LogP contribution in [0.1, 0.15) is 27.2 Å². The number of carbonyl (C=O) groups is 2. The van der Waals surface area contributed by atoms with Crippen LogP contribution >= 0.6 is 11.4 Å². The lowest BCUT2D eigenvalue weighted by molar-refractivity contribution is -0.127. The van der Waals surface area contributed by atoms with Gasteiger partial charge in [-0.05, 0) is 26.5 Å². The molecule has 1 atom stereocenters. The number of thiol groups is 1. The summed E-state index contributed by atoms with van der Waals surface area (Å²) in [5.74, 6) is 0.220. The van der Waals surface area contributed by atoms with Gasteiger partial charge in [0, 0.05) is 18.0 Å². The second-order valence-electron chi connectivity index (χ2n) is 5.25. The molecule has 0 rings (SSSR count). The van der Waals surface area contributed by atoms with Crippen LogP contribution in [0.2, 0.25) is 0 Å². The molecular formula is C12H25N3O5S. The van der Waals surface area contributed by atoms with Crippen LogP contribution in [0.4, 0.5) is 4.79 Å². The lowest BCUT2D eigenvalue weighted by atomic mass is 10.2. The monoisotopic (exact) mass is 323 g/mol. The Balaban J connectivity index is 3.98. The molecule has 0 heterocycles. The Kier molecular flexibility index (Phi) is 9.38. The molecule has 0 aliphatic rings. The van der Waals surface area contributed by atoms with Gasteiger partial charge in [-0.3, -0.25) is 15.4 Å². The normalized spacial score (nSPS) is 14.1. The van der Waals surface area contributed by atoms with Crippen LogP contribution in [0, 0.1) is 0 Å². The van der Waals surface area contributed by atoms with Crippen molar-refractivity contribution in [2.24, 2.45) is 11.5 Å². The third-order valence-corrected chi connectivity index (χ3v) is 3.12. The molecular weight excluding hydrogens is 298 g/mol. The number of Topliss-reactive ketones (excluding diaryl/α,β-unsaturated/α-hetero) is 1. The minimum Gasteiger partial charge on any atom is -0.442 e. The van der Waals surface area contributed by atoms with E-state index in [0.717, 1.165) is 0 Å². The van der Waals surface area contributed by atoms with Crippen LogP contribution in [0.3, 0.4) is 0 Å². The number of nitrogens with one attached hydrogen (secondary N) is 1. The van der Waals surface area contributed by atoms with E-state index in [-0.39, 0.29) is 18.0 Å². The van der Waals surface area contributed by atoms with E-state index < -0.39 is 23.6 Å². The zero-order chi connectivity index (χ0) is 16.5. The topological polar surface area (TPSA) is 137 Å². The first-order valence-corrected chi connectivity index (χ1v) is 7.54. The SMILES string of the molecule is CC(C)(C)OC(=O)NOCC(=O)CC(O)C(N)=[SH]CCN. The van der Waals surface area contributed by atoms with Gasteiger partial charge in [-0.2, -0.15) is 16.8 Å². The number of ketones is 1. The van der Waals surface area contributed by atoms with Crippen LogP contribution in [-0.2, 0) is 14.4 Å². The van der Waals surface area contributed by atoms with Gasteiger partial charge in [-0.1, -0.05) is 0 Å². The highest BCUT2D eigenvalue weighted by atomic mass is 32.1. The van der Waals surface area contributed by atoms with Crippen molar-refractivity contribution < 1.29 is 24.3 Å². The third kappa shape index (κ3) is 11.3. The van der Waals surface area contributed by atoms with Crippen molar-refractivity contribution in [2.45, 2.75) is 38.9 Å². The lowest BCUT2D eigenvalue weighted by Crippen LogP contribution is -2.35. The van der Waals surface area contributed by atoms with Gasteiger partial charge in [0.2, 0.25) is 0 Å². The Hall–Kier alpha value is -1.00. The number of nitrogens with two attached hydrogens (primary N) is 2. The van der Waals surface area contributed by atoms with E-state index >= 15 is 0 Å². The third-order valence-electron chi connectivity index (χ3n) is 1.97. The molecule has 6 N–H and O–H groups in total. The molecule has 9 heteroatoms. The van der Waals surface area contributed by atoms with Gasteiger partial charge in [-0.15, -0.1) is 0 Å². The number of hydrogen-bond acceptors (Lipinski definition) is 6. The molecule has 0 aromatic heterocycles. The number of hydroxylamine groups is 1. The van der Waals surface area contributed by atoms with E-state index in [1.807, 2.05) is 5.48 Å². The summed E-state index contributed by atoms with van der Waals surface area (Å²) >= 11 is 0.706. The Labute approximate surface area is 128 Å². The maximum atomic E-state index is 11.5. The molecule has 0 radical (unpaired) electrons. The maximum Gasteiger partial charge on any atom is 0.431 e. The van der Waals surface area contributed by atoms with E-state index in [1.165, 1.54) is 0 Å². The minimum absolute atomic E-state index is 0.181. The van der Waals surface area contributed by atoms with Crippen molar-refractivity contribution in [3.05, 3.63) is 0 Å². The second kappa shape index (κ2) is 9.85. The first kappa shape index (κ1) is 20.0. The van der Waals surface area contributed by atoms with Crippen molar-refractivity contribution in [2.75, 3.05) is 18.9 Å². The Bertz CT molecular complexity index is 382. The van der Waals surface area contributed by atoms with E-state index in [1.54, 1.807) is 20.8 Å². The smallest absolute Gasteiger partial charge is 0.431 e. The van der Waals surface area contributed by atoms with Gasteiger partial charge in [-0.25, -0.2) is 4.79 Å². The van der Waals surface area contributed by atoms with Crippen LogP contribution in [0.25, 0.3) is 0 Å². The summed E-state index contributed by atoms with van der Waals surface area (Å²) in [5, 5.41) is 9.68. The lowest BCUT2D eigenvalue weighted by Gasteiger charge is -2.19. The summed E-state index contributed by atoms with van der Waals surface area (Å²) in [4.78, 5) is 27.8. The summed E-state index contributed by atoms with van der Waals surface area (Å²) in [6, 6.07) is 0. The standard InChI is InChI=1S/C12H25N3O5S/c1-12(2,3)20-11(18)15-19-7-8(16)6-9(17)10(14)21-5-4-13/h9,17,21H,4-7,13-14H2,1-3H3,(H,15,18). The maximum absolute atomic E-state index is 11.5. The number of ether oxygens (including phenoxy) is 1. The molecule has 0 saturated carbocycles. The number of carbonyl (C=O) groups excluding carboxylic acids is 2. The van der Waals surface area contributed by atoms with E-state index in [2.05, 4.69) is 0 Å². The quantitative estimate of drug-likeness (QED) is 0.226. The van der Waals surface area contributed by atoms with Gasteiger partial charge >= 0.3 is 6.09 Å². The van der Waals surface area contributed by atoms with Gasteiger partial charge in [0.25, 0.3) is 0 Å². The number of rotatable bonds is 8. The number of aliphatic hydroxyl groups excluding tert-OH is 1. The van der Waals surface area contributed by atoms with Crippen molar-refractivity contribution in [3.8, 4) is 0 Å². The van der Waals surface area contributed by atoms with Gasteiger partial charge in [0.1, 0.15) is 18.3 Å². The largest absolute Gasteiger partial charge is 0.442 e. The first-order chi connectivity index (χ1) is 9.65. The molecule has 0 fully saturated rings. The number of aliphatic hydroxyl groups is 1. The fourth-order valence-corrected chi connectivity index (χ4v) is 1.84. The molecule has 0 aromatic carbocycles. The van der Waals surface area contributed by atoms with Crippen LogP contribution in [0.15, 0.2) is 0 Å². The van der Waals surface area contributed by atoms with E-state index in [9.17, 15) is 14.7 Å². The van der Waals surface area contributed by atoms with E-state index in [0.29, 0.717) is 23.6 Å². The molecule has 124 valence electrons. The molecule has 0 bridgehead atoms. The fraction of sp³-hybridized carbons (Fsp3) is 0.750. The van der Waals surface area contributed by atoms with Crippen molar-refractivity contribution in [1.82, 2.24) is 5.48 Å². The zero-order valence-electron chi connectivity index (χ0n) is 12.6. The van der Waals surface area contributed by atoms with Crippen LogP contribution in [-0.4, -0.2) is 52.6 Å². The van der Waals surface area contributed by atoms with Crippen molar-refractivity contribution in [1.29, 1.82) is 0 Å².